The molecule has 2 N–H and O–H groups in total. The molecule has 0 aromatic heterocycles. The van der Waals surface area contributed by atoms with E-state index in [-0.39, 0.29) is 23.2 Å². The Kier molecular flexibility index (Phi) is 5.16. The van der Waals surface area contributed by atoms with E-state index in [1.807, 2.05) is 0 Å². The molecule has 7 heteroatoms. The molecule has 1 aliphatic rings. The first-order valence-electron chi connectivity index (χ1n) is 8.31. The molecular formula is C19H18F2N2O3. The minimum Gasteiger partial charge on any atom is -0.492 e. The molecule has 0 saturated carbocycles. The summed E-state index contributed by atoms with van der Waals surface area (Å²) in [6, 6.07) is 7.96. The van der Waals surface area contributed by atoms with Gasteiger partial charge in [0.25, 0.3) is 5.91 Å². The summed E-state index contributed by atoms with van der Waals surface area (Å²) in [5.41, 5.74) is 1.12. The van der Waals surface area contributed by atoms with E-state index in [2.05, 4.69) is 10.6 Å². The van der Waals surface area contributed by atoms with Gasteiger partial charge < -0.3 is 15.4 Å². The lowest BCUT2D eigenvalue weighted by atomic mass is 9.97. The second kappa shape index (κ2) is 7.51. The van der Waals surface area contributed by atoms with E-state index < -0.39 is 17.5 Å². The number of para-hydroxylation sites is 1. The number of hydrogen-bond acceptors (Lipinski definition) is 3. The number of hydrogen-bond donors (Lipinski definition) is 2. The van der Waals surface area contributed by atoms with Crippen LogP contribution in [0.2, 0.25) is 0 Å². The smallest absolute Gasteiger partial charge is 0.259 e. The molecule has 1 atom stereocenters. The zero-order valence-corrected chi connectivity index (χ0v) is 14.1. The molecule has 26 heavy (non-hydrogen) atoms. The van der Waals surface area contributed by atoms with Gasteiger partial charge in [-0.1, -0.05) is 19.1 Å². The van der Waals surface area contributed by atoms with Crippen LogP contribution in [0.4, 0.5) is 14.5 Å². The first-order valence-corrected chi connectivity index (χ1v) is 8.31. The normalized spacial score (nSPS) is 15.6. The summed E-state index contributed by atoms with van der Waals surface area (Å²) >= 11 is 0. The monoisotopic (exact) mass is 360 g/mol. The quantitative estimate of drug-likeness (QED) is 0.876. The van der Waals surface area contributed by atoms with Gasteiger partial charge in [0.05, 0.1) is 18.2 Å². The first kappa shape index (κ1) is 17.8. The Labute approximate surface area is 149 Å². The number of benzene rings is 2. The van der Waals surface area contributed by atoms with E-state index in [0.29, 0.717) is 25.2 Å². The van der Waals surface area contributed by atoms with Crippen molar-refractivity contribution in [3.05, 3.63) is 59.2 Å². The fourth-order valence-corrected chi connectivity index (χ4v) is 2.82. The highest BCUT2D eigenvalue weighted by Gasteiger charge is 2.27. The van der Waals surface area contributed by atoms with Crippen LogP contribution in [-0.2, 0) is 4.79 Å². The number of halogens is 2. The summed E-state index contributed by atoms with van der Waals surface area (Å²) in [5, 5.41) is 5.44. The standard InChI is InChI=1S/C19H18F2N2O3/c1-2-17(24)23-16-8-9-26-18-12(16)4-3-5-13(18)19(25)22-11-6-7-14(20)15(21)10-11/h3-7,10,16H,2,8-9H2,1H3,(H,22,25)(H,23,24)/t16-/m0/s1. The van der Waals surface area contributed by atoms with E-state index in [4.69, 9.17) is 4.74 Å². The van der Waals surface area contributed by atoms with E-state index in [9.17, 15) is 18.4 Å². The maximum Gasteiger partial charge on any atom is 0.259 e. The number of fused-ring (bicyclic) bond motifs is 1. The fraction of sp³-hybridized carbons (Fsp3) is 0.263. The summed E-state index contributed by atoms with van der Waals surface area (Å²) < 4.78 is 32.0. The molecule has 2 amide bonds. The highest BCUT2D eigenvalue weighted by molar-refractivity contribution is 6.06. The predicted octanol–water partition coefficient (Wildman–Crippen LogP) is 3.57. The molecular weight excluding hydrogens is 342 g/mol. The highest BCUT2D eigenvalue weighted by Crippen LogP contribution is 2.35. The lowest BCUT2D eigenvalue weighted by Crippen LogP contribution is -2.32. The molecule has 136 valence electrons. The van der Waals surface area contributed by atoms with Crippen LogP contribution in [0, 0.1) is 11.6 Å². The Hall–Kier alpha value is -2.96. The van der Waals surface area contributed by atoms with Gasteiger partial charge in [0.1, 0.15) is 5.75 Å². The molecule has 5 nitrogen and oxygen atoms in total. The second-order valence-corrected chi connectivity index (χ2v) is 5.92. The molecule has 0 fully saturated rings. The van der Waals surface area contributed by atoms with Crippen molar-refractivity contribution in [3.8, 4) is 5.75 Å². The third-order valence-corrected chi connectivity index (χ3v) is 4.15. The van der Waals surface area contributed by atoms with Gasteiger partial charge in [0, 0.05) is 30.2 Å². The number of carbonyl (C=O) groups is 2. The van der Waals surface area contributed by atoms with Crippen molar-refractivity contribution in [2.75, 3.05) is 11.9 Å². The first-order chi connectivity index (χ1) is 12.5. The summed E-state index contributed by atoms with van der Waals surface area (Å²) in [5.74, 6) is -2.23. The Morgan fingerprint density at radius 1 is 1.19 bits per heavy atom. The van der Waals surface area contributed by atoms with Crippen LogP contribution in [0.3, 0.4) is 0 Å². The Morgan fingerprint density at radius 2 is 2.00 bits per heavy atom. The molecule has 2 aromatic rings. The molecule has 0 saturated heterocycles. The van der Waals surface area contributed by atoms with Crippen molar-refractivity contribution >= 4 is 17.5 Å². The maximum absolute atomic E-state index is 13.3. The highest BCUT2D eigenvalue weighted by atomic mass is 19.2. The van der Waals surface area contributed by atoms with Crippen molar-refractivity contribution in [1.29, 1.82) is 0 Å². The zero-order chi connectivity index (χ0) is 18.7. The van der Waals surface area contributed by atoms with Crippen molar-refractivity contribution in [1.82, 2.24) is 5.32 Å². The van der Waals surface area contributed by atoms with Crippen LogP contribution in [-0.4, -0.2) is 18.4 Å². The van der Waals surface area contributed by atoms with Crippen LogP contribution < -0.4 is 15.4 Å². The van der Waals surface area contributed by atoms with E-state index >= 15 is 0 Å². The van der Waals surface area contributed by atoms with E-state index in [0.717, 1.165) is 17.7 Å². The average molecular weight is 360 g/mol. The molecule has 1 heterocycles. The van der Waals surface area contributed by atoms with Gasteiger partial charge in [-0.2, -0.15) is 0 Å². The van der Waals surface area contributed by atoms with Crippen LogP contribution in [0.5, 0.6) is 5.75 Å². The Balaban J connectivity index is 1.86. The lowest BCUT2D eigenvalue weighted by Gasteiger charge is -2.28. The molecule has 0 unspecified atom stereocenters. The summed E-state index contributed by atoms with van der Waals surface area (Å²) in [4.78, 5) is 24.3. The lowest BCUT2D eigenvalue weighted by molar-refractivity contribution is -0.121. The van der Waals surface area contributed by atoms with Gasteiger partial charge in [-0.15, -0.1) is 0 Å². The molecule has 1 aliphatic heterocycles. The number of ether oxygens (including phenoxy) is 1. The summed E-state index contributed by atoms with van der Waals surface area (Å²) in [7, 11) is 0. The van der Waals surface area contributed by atoms with E-state index in [1.165, 1.54) is 6.07 Å². The van der Waals surface area contributed by atoms with Crippen LogP contribution in [0.25, 0.3) is 0 Å². The van der Waals surface area contributed by atoms with Crippen LogP contribution >= 0.6 is 0 Å². The fourth-order valence-electron chi connectivity index (χ4n) is 2.82. The molecule has 0 bridgehead atoms. The van der Waals surface area contributed by atoms with Gasteiger partial charge in [0.15, 0.2) is 11.6 Å². The minimum atomic E-state index is -1.04. The molecule has 3 rings (SSSR count). The number of amides is 2. The summed E-state index contributed by atoms with van der Waals surface area (Å²) in [6.45, 7) is 2.12. The van der Waals surface area contributed by atoms with Gasteiger partial charge in [-0.3, -0.25) is 9.59 Å². The van der Waals surface area contributed by atoms with Crippen molar-refractivity contribution < 1.29 is 23.1 Å². The number of anilines is 1. The number of rotatable bonds is 4. The summed E-state index contributed by atoms with van der Waals surface area (Å²) in [6.07, 6.45) is 0.968. The van der Waals surface area contributed by atoms with Gasteiger partial charge in [0.2, 0.25) is 5.91 Å². The van der Waals surface area contributed by atoms with E-state index in [1.54, 1.807) is 25.1 Å². The maximum atomic E-state index is 13.3. The second-order valence-electron chi connectivity index (χ2n) is 5.92. The topological polar surface area (TPSA) is 67.4 Å². The third kappa shape index (κ3) is 3.66. The molecule has 2 aromatic carbocycles. The van der Waals surface area contributed by atoms with Crippen LogP contribution in [0.15, 0.2) is 36.4 Å². The molecule has 0 radical (unpaired) electrons. The van der Waals surface area contributed by atoms with Gasteiger partial charge >= 0.3 is 0 Å². The average Bonchev–Trinajstić information content (AvgIpc) is 2.64. The molecule has 0 aliphatic carbocycles. The predicted molar refractivity (Wildman–Crippen MR) is 92.0 cm³/mol. The third-order valence-electron chi connectivity index (χ3n) is 4.15. The van der Waals surface area contributed by atoms with Gasteiger partial charge in [-0.25, -0.2) is 8.78 Å². The van der Waals surface area contributed by atoms with Crippen molar-refractivity contribution in [3.63, 3.8) is 0 Å². The minimum absolute atomic E-state index is 0.0838. The van der Waals surface area contributed by atoms with Crippen LogP contribution in [0.1, 0.15) is 41.7 Å². The van der Waals surface area contributed by atoms with Crippen molar-refractivity contribution in [2.24, 2.45) is 0 Å². The number of nitrogens with one attached hydrogen (secondary N) is 2. The Bertz CT molecular complexity index is 855. The van der Waals surface area contributed by atoms with Gasteiger partial charge in [-0.05, 0) is 18.2 Å². The zero-order valence-electron chi connectivity index (χ0n) is 14.1. The van der Waals surface area contributed by atoms with Crippen molar-refractivity contribution in [2.45, 2.75) is 25.8 Å². The molecule has 0 spiro atoms. The number of carbonyl (C=O) groups excluding carboxylic acids is 2. The Morgan fingerprint density at radius 3 is 2.73 bits per heavy atom. The largest absolute Gasteiger partial charge is 0.492 e. The SMILES string of the molecule is CCC(=O)N[C@H]1CCOc2c(C(=O)Nc3ccc(F)c(F)c3)cccc21.